The molecule has 14 heavy (non-hydrogen) atoms. The van der Waals surface area contributed by atoms with Gasteiger partial charge in [0, 0.05) is 25.9 Å². The van der Waals surface area contributed by atoms with Gasteiger partial charge in [0.1, 0.15) is 5.82 Å². The number of hydrogen-bond acceptors (Lipinski definition) is 2. The number of rotatable bonds is 1. The summed E-state index contributed by atoms with van der Waals surface area (Å²) in [6.45, 7) is 0. The van der Waals surface area contributed by atoms with E-state index in [-0.39, 0.29) is 5.56 Å². The normalized spacial score (nSPS) is 11.5. The molecule has 0 nitrogen and oxygen atoms in total. The van der Waals surface area contributed by atoms with Crippen LogP contribution in [0.4, 0.5) is 13.2 Å². The monoisotopic (exact) mass is 234 g/mol. The van der Waals surface area contributed by atoms with Crippen molar-refractivity contribution in [2.75, 3.05) is 0 Å². The van der Waals surface area contributed by atoms with E-state index in [2.05, 4.69) is 12.6 Å². The van der Waals surface area contributed by atoms with Gasteiger partial charge in [-0.25, -0.2) is 13.2 Å². The van der Waals surface area contributed by atoms with E-state index < -0.39 is 12.2 Å². The summed E-state index contributed by atoms with van der Waals surface area (Å²) >= 11 is 5.25. The molecule has 1 heterocycles. The van der Waals surface area contributed by atoms with Crippen molar-refractivity contribution in [3.05, 3.63) is 28.9 Å². The molecular weight excluding hydrogens is 229 g/mol. The van der Waals surface area contributed by atoms with Gasteiger partial charge < -0.3 is 0 Å². The molecule has 0 atom stereocenters. The Kier molecular flexibility index (Phi) is 2.45. The van der Waals surface area contributed by atoms with Gasteiger partial charge in [0.25, 0.3) is 6.43 Å². The number of alkyl halides is 2. The van der Waals surface area contributed by atoms with Crippen LogP contribution < -0.4 is 0 Å². The molecule has 0 saturated heterocycles. The van der Waals surface area contributed by atoms with Crippen LogP contribution in [0, 0.1) is 5.82 Å². The molecule has 0 aliphatic carbocycles. The van der Waals surface area contributed by atoms with Crippen molar-refractivity contribution in [3.63, 3.8) is 0 Å². The average molecular weight is 234 g/mol. The van der Waals surface area contributed by atoms with Crippen LogP contribution in [0.2, 0.25) is 0 Å². The van der Waals surface area contributed by atoms with Gasteiger partial charge in [0.15, 0.2) is 0 Å². The summed E-state index contributed by atoms with van der Waals surface area (Å²) in [6.07, 6.45) is -2.64. The minimum atomic E-state index is -2.64. The van der Waals surface area contributed by atoms with Crippen LogP contribution in [0.3, 0.4) is 0 Å². The van der Waals surface area contributed by atoms with Gasteiger partial charge in [-0.15, -0.1) is 24.0 Å². The van der Waals surface area contributed by atoms with E-state index in [1.165, 1.54) is 17.4 Å². The second-order valence-electron chi connectivity index (χ2n) is 2.80. The molecule has 0 bridgehead atoms. The Bertz CT molecular complexity index is 476. The Balaban J connectivity index is 2.74. The van der Waals surface area contributed by atoms with Gasteiger partial charge in [-0.2, -0.15) is 0 Å². The van der Waals surface area contributed by atoms with E-state index in [0.29, 0.717) is 15.0 Å². The molecule has 0 N–H and O–H groups in total. The molecule has 0 saturated carbocycles. The number of fused-ring (bicyclic) bond motifs is 1. The number of thiol groups is 1. The Morgan fingerprint density at radius 2 is 2.00 bits per heavy atom. The molecule has 2 aromatic rings. The van der Waals surface area contributed by atoms with Gasteiger partial charge in [0.05, 0.1) is 0 Å². The fraction of sp³-hybridized carbons (Fsp3) is 0.111. The second-order valence-corrected chi connectivity index (χ2v) is 4.19. The molecule has 0 aliphatic heterocycles. The Labute approximate surface area is 87.8 Å². The standard InChI is InChI=1S/C9H5F3S2/c10-5-1-4(9(11)12)2-7-8(5)6(13)3-14-7/h1-3,9,13H. The zero-order valence-electron chi connectivity index (χ0n) is 6.80. The number of thiophene rings is 1. The predicted molar refractivity (Wildman–Crippen MR) is 54.0 cm³/mol. The highest BCUT2D eigenvalue weighted by Crippen LogP contribution is 2.34. The smallest absolute Gasteiger partial charge is 0.206 e. The topological polar surface area (TPSA) is 0 Å². The van der Waals surface area contributed by atoms with Gasteiger partial charge in [-0.05, 0) is 12.1 Å². The maximum atomic E-state index is 13.3. The molecule has 2 rings (SSSR count). The minimum absolute atomic E-state index is 0.287. The van der Waals surface area contributed by atoms with Crippen LogP contribution in [-0.2, 0) is 0 Å². The van der Waals surface area contributed by atoms with Crippen molar-refractivity contribution < 1.29 is 13.2 Å². The van der Waals surface area contributed by atoms with Gasteiger partial charge in [-0.1, -0.05) is 0 Å². The van der Waals surface area contributed by atoms with E-state index in [0.717, 1.165) is 6.07 Å². The molecule has 0 fully saturated rings. The summed E-state index contributed by atoms with van der Waals surface area (Å²) < 4.78 is 38.4. The minimum Gasteiger partial charge on any atom is -0.206 e. The fourth-order valence-electron chi connectivity index (χ4n) is 1.25. The van der Waals surface area contributed by atoms with Gasteiger partial charge >= 0.3 is 0 Å². The second kappa shape index (κ2) is 3.47. The van der Waals surface area contributed by atoms with Crippen molar-refractivity contribution in [1.29, 1.82) is 0 Å². The number of hydrogen-bond donors (Lipinski definition) is 1. The molecule has 1 aromatic heterocycles. The quantitative estimate of drug-likeness (QED) is 0.700. The van der Waals surface area contributed by atoms with Crippen molar-refractivity contribution in [1.82, 2.24) is 0 Å². The van der Waals surface area contributed by atoms with Crippen LogP contribution in [0.15, 0.2) is 22.4 Å². The van der Waals surface area contributed by atoms with Gasteiger partial charge in [-0.3, -0.25) is 0 Å². The Hall–Kier alpha value is -0.680. The third-order valence-electron chi connectivity index (χ3n) is 1.88. The predicted octanol–water partition coefficient (Wildman–Crippen LogP) is 4.27. The first-order chi connectivity index (χ1) is 6.59. The highest BCUT2D eigenvalue weighted by atomic mass is 32.1. The largest absolute Gasteiger partial charge is 0.264 e. The van der Waals surface area contributed by atoms with Crippen LogP contribution in [0.5, 0.6) is 0 Å². The van der Waals surface area contributed by atoms with E-state index >= 15 is 0 Å². The highest BCUT2D eigenvalue weighted by molar-refractivity contribution is 7.80. The van der Waals surface area contributed by atoms with E-state index in [1.54, 1.807) is 5.38 Å². The first kappa shape index (κ1) is 9.86. The lowest BCUT2D eigenvalue weighted by atomic mass is 10.2. The van der Waals surface area contributed by atoms with E-state index in [1.807, 2.05) is 0 Å². The highest BCUT2D eigenvalue weighted by Gasteiger charge is 2.13. The molecule has 74 valence electrons. The molecule has 0 unspecified atom stereocenters. The first-order valence-electron chi connectivity index (χ1n) is 3.77. The van der Waals surface area contributed by atoms with Crippen molar-refractivity contribution >= 4 is 34.1 Å². The first-order valence-corrected chi connectivity index (χ1v) is 5.10. The summed E-state index contributed by atoms with van der Waals surface area (Å²) in [7, 11) is 0. The van der Waals surface area contributed by atoms with Crippen molar-refractivity contribution in [2.24, 2.45) is 0 Å². The molecule has 0 radical (unpaired) electrons. The SMILES string of the molecule is Fc1cc(C(F)F)cc2scc(S)c12. The van der Waals surface area contributed by atoms with Crippen LogP contribution in [-0.4, -0.2) is 0 Å². The molecule has 0 amide bonds. The van der Waals surface area contributed by atoms with Crippen LogP contribution in [0.25, 0.3) is 10.1 Å². The zero-order valence-corrected chi connectivity index (χ0v) is 8.51. The third-order valence-corrected chi connectivity index (χ3v) is 3.34. The molecule has 5 heteroatoms. The average Bonchev–Trinajstić information content (AvgIpc) is 2.48. The number of benzene rings is 1. The molecule has 1 aromatic carbocycles. The Morgan fingerprint density at radius 3 is 2.64 bits per heavy atom. The lowest BCUT2D eigenvalue weighted by molar-refractivity contribution is 0.151. The van der Waals surface area contributed by atoms with Crippen LogP contribution >= 0.6 is 24.0 Å². The lowest BCUT2D eigenvalue weighted by Gasteiger charge is -2.01. The number of halogens is 3. The fourth-order valence-corrected chi connectivity index (χ4v) is 2.59. The molecule has 0 aliphatic rings. The summed E-state index contributed by atoms with van der Waals surface area (Å²) in [5.41, 5.74) is -0.287. The van der Waals surface area contributed by atoms with Crippen molar-refractivity contribution in [2.45, 2.75) is 11.3 Å². The van der Waals surface area contributed by atoms with E-state index in [9.17, 15) is 13.2 Å². The van der Waals surface area contributed by atoms with Gasteiger partial charge in [0.2, 0.25) is 0 Å². The maximum Gasteiger partial charge on any atom is 0.264 e. The maximum absolute atomic E-state index is 13.3. The molecular formula is C9H5F3S2. The summed E-state index contributed by atoms with van der Waals surface area (Å²) in [6, 6.07) is 2.16. The van der Waals surface area contributed by atoms with E-state index in [4.69, 9.17) is 0 Å². The summed E-state index contributed by atoms with van der Waals surface area (Å²) in [5, 5.41) is 1.95. The van der Waals surface area contributed by atoms with Crippen LogP contribution in [0.1, 0.15) is 12.0 Å². The summed E-state index contributed by atoms with van der Waals surface area (Å²) in [4.78, 5) is 0.489. The van der Waals surface area contributed by atoms with Crippen molar-refractivity contribution in [3.8, 4) is 0 Å². The lowest BCUT2D eigenvalue weighted by Crippen LogP contribution is -1.86. The molecule has 0 spiro atoms. The Morgan fingerprint density at radius 1 is 1.29 bits per heavy atom. The summed E-state index contributed by atoms with van der Waals surface area (Å²) in [5.74, 6) is -0.635. The zero-order chi connectivity index (χ0) is 10.3. The third kappa shape index (κ3) is 1.50.